The lowest BCUT2D eigenvalue weighted by molar-refractivity contribution is -0.153. The number of amides is 1. The first kappa shape index (κ1) is 18.4. The molecule has 25 heavy (non-hydrogen) atoms. The van der Waals surface area contributed by atoms with Crippen molar-refractivity contribution in [3.8, 4) is 0 Å². The zero-order valence-electron chi connectivity index (χ0n) is 15.4. The number of likely N-dealkylation sites (tertiary alicyclic amines) is 1. The number of benzene rings is 1. The summed E-state index contributed by atoms with van der Waals surface area (Å²) in [5.74, 6) is 0.389. The van der Waals surface area contributed by atoms with Gasteiger partial charge in [0.25, 0.3) is 0 Å². The van der Waals surface area contributed by atoms with Crippen LogP contribution in [0.2, 0.25) is 0 Å². The molecule has 0 saturated carbocycles. The van der Waals surface area contributed by atoms with E-state index in [4.69, 9.17) is 9.47 Å². The molecule has 138 valence electrons. The Labute approximate surface area is 150 Å². The van der Waals surface area contributed by atoms with Gasteiger partial charge in [0.1, 0.15) is 0 Å². The van der Waals surface area contributed by atoms with Gasteiger partial charge in [-0.25, -0.2) is 0 Å². The third-order valence-electron chi connectivity index (χ3n) is 5.09. The van der Waals surface area contributed by atoms with E-state index >= 15 is 0 Å². The van der Waals surface area contributed by atoms with Crippen LogP contribution in [0.3, 0.4) is 0 Å². The van der Waals surface area contributed by atoms with E-state index in [0.29, 0.717) is 19.7 Å². The molecule has 0 radical (unpaired) electrons. The molecule has 2 aliphatic heterocycles. The monoisotopic (exact) mass is 346 g/mol. The fourth-order valence-electron chi connectivity index (χ4n) is 4.00. The summed E-state index contributed by atoms with van der Waals surface area (Å²) in [6.45, 7) is 6.76. The summed E-state index contributed by atoms with van der Waals surface area (Å²) in [6, 6.07) is 10.5. The van der Waals surface area contributed by atoms with Crippen LogP contribution >= 0.6 is 0 Å². The number of rotatable bonds is 5. The van der Waals surface area contributed by atoms with Crippen molar-refractivity contribution in [1.29, 1.82) is 0 Å². The zero-order chi connectivity index (χ0) is 17.6. The molecule has 0 spiro atoms. The van der Waals surface area contributed by atoms with Crippen molar-refractivity contribution < 1.29 is 14.3 Å². The molecule has 2 saturated heterocycles. The van der Waals surface area contributed by atoms with E-state index < -0.39 is 0 Å². The lowest BCUT2D eigenvalue weighted by atomic mass is 9.95. The lowest BCUT2D eigenvalue weighted by Crippen LogP contribution is -2.53. The molecule has 5 heteroatoms. The number of hydrogen-bond donors (Lipinski definition) is 0. The fourth-order valence-corrected chi connectivity index (χ4v) is 4.00. The minimum atomic E-state index is -0.0123. The van der Waals surface area contributed by atoms with Crippen molar-refractivity contribution >= 4 is 5.91 Å². The Balaban J connectivity index is 1.57. The number of ether oxygens (including phenoxy) is 2. The molecule has 1 amide bonds. The van der Waals surface area contributed by atoms with Crippen LogP contribution in [0.15, 0.2) is 30.3 Å². The predicted molar refractivity (Wildman–Crippen MR) is 97.2 cm³/mol. The van der Waals surface area contributed by atoms with Gasteiger partial charge >= 0.3 is 0 Å². The maximum Gasteiger partial charge on any atom is 0.227 e. The fraction of sp³-hybridized carbons (Fsp3) is 0.650. The maximum atomic E-state index is 13.0. The van der Waals surface area contributed by atoms with Gasteiger partial charge in [-0.2, -0.15) is 0 Å². The summed E-state index contributed by atoms with van der Waals surface area (Å²) < 4.78 is 11.1. The summed E-state index contributed by atoms with van der Waals surface area (Å²) in [6.07, 6.45) is 2.14. The SMILES string of the molecule is COC[C@@H]1CN(C(=O)[C@H]2CCCN(Cc3ccccc3)C2)C[C@H](C)O1. The van der Waals surface area contributed by atoms with Crippen molar-refractivity contribution in [3.63, 3.8) is 0 Å². The van der Waals surface area contributed by atoms with E-state index in [2.05, 4.69) is 29.2 Å². The highest BCUT2D eigenvalue weighted by molar-refractivity contribution is 5.79. The molecule has 0 aromatic heterocycles. The number of piperidine rings is 1. The molecule has 0 unspecified atom stereocenters. The number of carbonyl (C=O) groups excluding carboxylic acids is 1. The van der Waals surface area contributed by atoms with Gasteiger partial charge in [-0.15, -0.1) is 0 Å². The topological polar surface area (TPSA) is 42.0 Å². The molecule has 5 nitrogen and oxygen atoms in total. The number of carbonyl (C=O) groups is 1. The van der Waals surface area contributed by atoms with E-state index in [1.165, 1.54) is 5.56 Å². The zero-order valence-corrected chi connectivity index (χ0v) is 15.4. The number of hydrogen-bond acceptors (Lipinski definition) is 4. The Morgan fingerprint density at radius 2 is 2.04 bits per heavy atom. The van der Waals surface area contributed by atoms with Crippen molar-refractivity contribution in [1.82, 2.24) is 9.80 Å². The standard InChI is InChI=1S/C20H30N2O3/c1-16-11-22(14-19(25-16)15-24-2)20(23)18-9-6-10-21(13-18)12-17-7-4-3-5-8-17/h3-5,7-8,16,18-19H,6,9-15H2,1-2H3/t16-,18-,19-/m0/s1. The normalized spacial score (nSPS) is 28.1. The van der Waals surface area contributed by atoms with Gasteiger partial charge in [0.05, 0.1) is 24.7 Å². The highest BCUT2D eigenvalue weighted by atomic mass is 16.5. The van der Waals surface area contributed by atoms with Crippen molar-refractivity contribution in [2.45, 2.75) is 38.5 Å². The molecule has 1 aromatic rings. The highest BCUT2D eigenvalue weighted by Gasteiger charge is 2.34. The second kappa shape index (κ2) is 8.79. The Hall–Kier alpha value is -1.43. The van der Waals surface area contributed by atoms with Gasteiger partial charge in [-0.05, 0) is 31.9 Å². The molecule has 1 aromatic carbocycles. The minimum Gasteiger partial charge on any atom is -0.382 e. The number of morpholine rings is 1. The largest absolute Gasteiger partial charge is 0.382 e. The molecular weight excluding hydrogens is 316 g/mol. The summed E-state index contributed by atoms with van der Waals surface area (Å²) in [4.78, 5) is 17.5. The van der Waals surface area contributed by atoms with Crippen LogP contribution < -0.4 is 0 Å². The quantitative estimate of drug-likeness (QED) is 0.819. The third-order valence-corrected chi connectivity index (χ3v) is 5.09. The first-order chi connectivity index (χ1) is 12.2. The van der Waals surface area contributed by atoms with Gasteiger partial charge in [-0.3, -0.25) is 9.69 Å². The van der Waals surface area contributed by atoms with Crippen molar-refractivity contribution in [2.24, 2.45) is 5.92 Å². The average Bonchev–Trinajstić information content (AvgIpc) is 2.62. The summed E-state index contributed by atoms with van der Waals surface area (Å²) in [5, 5.41) is 0. The van der Waals surface area contributed by atoms with Crippen LogP contribution in [-0.4, -0.2) is 67.8 Å². The molecule has 0 aliphatic carbocycles. The van der Waals surface area contributed by atoms with Gasteiger partial charge in [-0.1, -0.05) is 30.3 Å². The Morgan fingerprint density at radius 3 is 2.80 bits per heavy atom. The highest BCUT2D eigenvalue weighted by Crippen LogP contribution is 2.23. The molecule has 0 bridgehead atoms. The van der Waals surface area contributed by atoms with Gasteiger partial charge in [0.15, 0.2) is 0 Å². The van der Waals surface area contributed by atoms with Crippen LogP contribution in [-0.2, 0) is 20.8 Å². The average molecular weight is 346 g/mol. The molecule has 2 aliphatic rings. The maximum absolute atomic E-state index is 13.0. The first-order valence-electron chi connectivity index (χ1n) is 9.35. The molecule has 2 heterocycles. The van der Waals surface area contributed by atoms with Crippen molar-refractivity contribution in [2.75, 3.05) is 39.9 Å². The Morgan fingerprint density at radius 1 is 1.24 bits per heavy atom. The van der Waals surface area contributed by atoms with E-state index in [1.54, 1.807) is 7.11 Å². The van der Waals surface area contributed by atoms with Gasteiger partial charge < -0.3 is 14.4 Å². The van der Waals surface area contributed by atoms with Crippen LogP contribution in [0.1, 0.15) is 25.3 Å². The van der Waals surface area contributed by atoms with E-state index in [0.717, 1.165) is 32.5 Å². The van der Waals surface area contributed by atoms with E-state index in [9.17, 15) is 4.79 Å². The molecular formula is C20H30N2O3. The van der Waals surface area contributed by atoms with Gasteiger partial charge in [0.2, 0.25) is 5.91 Å². The van der Waals surface area contributed by atoms with Crippen LogP contribution in [0, 0.1) is 5.92 Å². The molecule has 0 N–H and O–H groups in total. The molecule has 2 fully saturated rings. The van der Waals surface area contributed by atoms with E-state index in [1.807, 2.05) is 17.9 Å². The number of nitrogens with zero attached hydrogens (tertiary/aromatic N) is 2. The minimum absolute atomic E-state index is 0.0123. The van der Waals surface area contributed by atoms with Gasteiger partial charge in [0, 0.05) is 33.3 Å². The Bertz CT molecular complexity index is 551. The summed E-state index contributed by atoms with van der Waals surface area (Å²) >= 11 is 0. The van der Waals surface area contributed by atoms with Crippen LogP contribution in [0.25, 0.3) is 0 Å². The summed E-state index contributed by atoms with van der Waals surface area (Å²) in [7, 11) is 1.68. The lowest BCUT2D eigenvalue weighted by Gasteiger charge is -2.40. The summed E-state index contributed by atoms with van der Waals surface area (Å²) in [5.41, 5.74) is 1.32. The van der Waals surface area contributed by atoms with Crippen molar-refractivity contribution in [3.05, 3.63) is 35.9 Å². The predicted octanol–water partition coefficient (Wildman–Crippen LogP) is 2.16. The smallest absolute Gasteiger partial charge is 0.227 e. The van der Waals surface area contributed by atoms with Crippen LogP contribution in [0.5, 0.6) is 0 Å². The van der Waals surface area contributed by atoms with E-state index in [-0.39, 0.29) is 24.0 Å². The molecule has 3 rings (SSSR count). The number of methoxy groups -OCH3 is 1. The second-order valence-corrected chi connectivity index (χ2v) is 7.33. The Kier molecular flexibility index (Phi) is 6.45. The van der Waals surface area contributed by atoms with Crippen LogP contribution in [0.4, 0.5) is 0 Å². The first-order valence-corrected chi connectivity index (χ1v) is 9.35. The molecule has 3 atom stereocenters. The third kappa shape index (κ3) is 5.03. The second-order valence-electron chi connectivity index (χ2n) is 7.33.